The maximum absolute atomic E-state index is 13.2. The molecule has 1 aliphatic heterocycles. The van der Waals surface area contributed by atoms with Crippen LogP contribution in [0.5, 0.6) is 0 Å². The largest absolute Gasteiger partial charge is 0.627 e. The fourth-order valence-electron chi connectivity index (χ4n) is 2.83. The van der Waals surface area contributed by atoms with Crippen LogP contribution in [0.4, 0.5) is 0 Å². The molecule has 1 heterocycles. The fraction of sp³-hybridized carbons (Fsp3) is 0.474. The summed E-state index contributed by atoms with van der Waals surface area (Å²) in [6.45, 7) is 8.29. The molecule has 0 amide bonds. The van der Waals surface area contributed by atoms with Gasteiger partial charge in [0.1, 0.15) is 10.9 Å². The number of benzene rings is 1. The highest BCUT2D eigenvalue weighted by molar-refractivity contribution is 7.64. The molecule has 4 heteroatoms. The summed E-state index contributed by atoms with van der Waals surface area (Å²) in [5.41, 5.74) is 1.51. The number of allylic oxidation sites excluding steroid dienone is 1. The molecule has 3 nitrogen and oxygen atoms in total. The summed E-state index contributed by atoms with van der Waals surface area (Å²) in [5.74, 6) is 0. The molecule has 0 saturated carbocycles. The molecule has 0 spiro atoms. The van der Waals surface area contributed by atoms with Crippen molar-refractivity contribution in [1.29, 1.82) is 0 Å². The summed E-state index contributed by atoms with van der Waals surface area (Å²) in [5, 5.41) is 0.846. The Hall–Kier alpha value is -0.990. The third-order valence-corrected chi connectivity index (χ3v) is 6.37. The molecule has 126 valence electrons. The van der Waals surface area contributed by atoms with Gasteiger partial charge in [0.2, 0.25) is 0 Å². The highest BCUT2D eigenvalue weighted by Gasteiger charge is 2.52. The van der Waals surface area contributed by atoms with Crippen molar-refractivity contribution in [3.8, 4) is 0 Å². The second kappa shape index (κ2) is 7.72. The van der Waals surface area contributed by atoms with Gasteiger partial charge in [0.05, 0.1) is 6.61 Å². The summed E-state index contributed by atoms with van der Waals surface area (Å²) in [4.78, 5) is 13.2. The predicted octanol–water partition coefficient (Wildman–Crippen LogP) is 5.11. The van der Waals surface area contributed by atoms with E-state index in [1.165, 1.54) is 0 Å². The molecule has 0 radical (unpaired) electrons. The molecule has 1 unspecified atom stereocenters. The average molecular weight is 334 g/mol. The van der Waals surface area contributed by atoms with Crippen LogP contribution in [-0.2, 0) is 9.05 Å². The van der Waals surface area contributed by atoms with Gasteiger partial charge in [-0.1, -0.05) is 55.8 Å². The van der Waals surface area contributed by atoms with Crippen LogP contribution in [-0.4, -0.2) is 12.2 Å². The Bertz CT molecular complexity index is 578. The predicted molar refractivity (Wildman–Crippen MR) is 95.7 cm³/mol. The summed E-state index contributed by atoms with van der Waals surface area (Å²) in [6.07, 6.45) is 6.87. The van der Waals surface area contributed by atoms with Crippen LogP contribution in [0.3, 0.4) is 0 Å². The molecular weight excluding hydrogens is 307 g/mol. The maximum Gasteiger partial charge on any atom is 0.268 e. The summed E-state index contributed by atoms with van der Waals surface area (Å²) in [7, 11) is -3.18. The number of hydrogen-bond donors (Lipinski definition) is 0. The zero-order chi connectivity index (χ0) is 16.9. The number of hydrogen-bond acceptors (Lipinski definition) is 3. The quantitative estimate of drug-likeness (QED) is 0.651. The van der Waals surface area contributed by atoms with Gasteiger partial charge in [-0.25, -0.2) is 4.52 Å². The topological polar surface area (TPSA) is 41.5 Å². The molecule has 1 aliphatic rings. The van der Waals surface area contributed by atoms with Crippen LogP contribution in [0.15, 0.2) is 47.3 Å². The Labute approximate surface area is 140 Å². The summed E-state index contributed by atoms with van der Waals surface area (Å²) >= 11 is 0. The summed E-state index contributed by atoms with van der Waals surface area (Å²) in [6, 6.07) is 10.1. The van der Waals surface area contributed by atoms with E-state index in [9.17, 15) is 4.89 Å². The first-order chi connectivity index (χ1) is 10.9. The van der Waals surface area contributed by atoms with E-state index in [-0.39, 0.29) is 0 Å². The molecule has 1 aromatic carbocycles. The van der Waals surface area contributed by atoms with Gasteiger partial charge >= 0.3 is 0 Å². The summed E-state index contributed by atoms with van der Waals surface area (Å²) < 4.78 is 11.5. The first-order valence-electron chi connectivity index (χ1n) is 8.35. The van der Waals surface area contributed by atoms with Gasteiger partial charge in [-0.3, -0.25) is 0 Å². The molecule has 23 heavy (non-hydrogen) atoms. The van der Waals surface area contributed by atoms with Gasteiger partial charge in [0, 0.05) is 12.0 Å². The van der Waals surface area contributed by atoms with E-state index in [1.54, 1.807) is 0 Å². The van der Waals surface area contributed by atoms with Crippen LogP contribution in [0.25, 0.3) is 6.08 Å². The lowest BCUT2D eigenvalue weighted by atomic mass is 9.95. The molecule has 0 bridgehead atoms. The van der Waals surface area contributed by atoms with Crippen molar-refractivity contribution in [3.05, 3.63) is 52.9 Å². The zero-order valence-electron chi connectivity index (χ0n) is 14.5. The normalized spacial score (nSPS) is 23.9. The van der Waals surface area contributed by atoms with Crippen molar-refractivity contribution in [2.75, 3.05) is 6.61 Å². The van der Waals surface area contributed by atoms with E-state index in [2.05, 4.69) is 6.92 Å². The van der Waals surface area contributed by atoms with Crippen LogP contribution < -0.4 is 4.89 Å². The van der Waals surface area contributed by atoms with Crippen molar-refractivity contribution in [3.63, 3.8) is 0 Å². The van der Waals surface area contributed by atoms with Crippen LogP contribution in [0.2, 0.25) is 0 Å². The standard InChI is InChI=1S/C19H27O3P/c1-5-7-13-18-17(15-14-16-11-9-8-10-12-16)19(3,4)22-23(18,20)21-6-2/h8-12,14-15H,5-7,13H2,1-4H3/b15-14+. The Morgan fingerprint density at radius 2 is 1.87 bits per heavy atom. The van der Waals surface area contributed by atoms with Gasteiger partial charge in [0.25, 0.3) is 7.94 Å². The van der Waals surface area contributed by atoms with E-state index in [1.807, 2.05) is 63.3 Å². The van der Waals surface area contributed by atoms with Gasteiger partial charge in [-0.05, 0) is 32.8 Å². The molecule has 2 rings (SSSR count). The SMILES string of the molecule is CCCCC1=C(/C=C/c2ccccc2)C(C)(C)O[P+]1([O-])OCC. The van der Waals surface area contributed by atoms with E-state index in [4.69, 9.17) is 9.05 Å². The molecule has 0 fully saturated rings. The van der Waals surface area contributed by atoms with E-state index < -0.39 is 13.5 Å². The van der Waals surface area contributed by atoms with Gasteiger partial charge in [-0.2, -0.15) is 4.52 Å². The maximum atomic E-state index is 13.2. The minimum atomic E-state index is -3.18. The van der Waals surface area contributed by atoms with Gasteiger partial charge < -0.3 is 4.89 Å². The average Bonchev–Trinajstić information content (AvgIpc) is 2.69. The fourth-order valence-corrected chi connectivity index (χ4v) is 5.26. The van der Waals surface area contributed by atoms with Crippen LogP contribution in [0, 0.1) is 0 Å². The second-order valence-electron chi connectivity index (χ2n) is 6.22. The monoisotopic (exact) mass is 334 g/mol. The third-order valence-electron chi connectivity index (χ3n) is 3.95. The Morgan fingerprint density at radius 1 is 1.17 bits per heavy atom. The highest BCUT2D eigenvalue weighted by Crippen LogP contribution is 2.70. The minimum Gasteiger partial charge on any atom is -0.627 e. The first-order valence-corrected chi connectivity index (χ1v) is 9.90. The lowest BCUT2D eigenvalue weighted by Crippen LogP contribution is -2.24. The Kier molecular flexibility index (Phi) is 6.16. The zero-order valence-corrected chi connectivity index (χ0v) is 15.4. The highest BCUT2D eigenvalue weighted by atomic mass is 31.2. The van der Waals surface area contributed by atoms with E-state index in [0.717, 1.165) is 35.7 Å². The van der Waals surface area contributed by atoms with Crippen molar-refractivity contribution in [2.24, 2.45) is 0 Å². The molecule has 0 N–H and O–H groups in total. The second-order valence-corrected chi connectivity index (χ2v) is 8.20. The third kappa shape index (κ3) is 4.30. The number of rotatable bonds is 7. The van der Waals surface area contributed by atoms with E-state index >= 15 is 0 Å². The molecule has 0 saturated heterocycles. The van der Waals surface area contributed by atoms with Crippen LogP contribution >= 0.6 is 7.94 Å². The molecule has 0 aromatic heterocycles. The van der Waals surface area contributed by atoms with Gasteiger partial charge in [0.15, 0.2) is 0 Å². The molecule has 0 aliphatic carbocycles. The Morgan fingerprint density at radius 3 is 2.48 bits per heavy atom. The Balaban J connectivity index is 2.40. The molecular formula is C19H27O3P. The first kappa shape index (κ1) is 18.4. The lowest BCUT2D eigenvalue weighted by Gasteiger charge is -2.27. The molecule has 1 aromatic rings. The van der Waals surface area contributed by atoms with Crippen molar-refractivity contribution in [2.45, 2.75) is 52.6 Å². The minimum absolute atomic E-state index is 0.388. The number of unbranched alkanes of at least 4 members (excludes halogenated alkanes) is 1. The van der Waals surface area contributed by atoms with Crippen molar-refractivity contribution in [1.82, 2.24) is 0 Å². The van der Waals surface area contributed by atoms with Crippen molar-refractivity contribution >= 4 is 14.0 Å². The van der Waals surface area contributed by atoms with Gasteiger partial charge in [-0.15, -0.1) is 0 Å². The smallest absolute Gasteiger partial charge is 0.268 e. The van der Waals surface area contributed by atoms with Crippen LogP contribution in [0.1, 0.15) is 52.5 Å². The molecule has 1 atom stereocenters. The van der Waals surface area contributed by atoms with E-state index in [0.29, 0.717) is 6.61 Å². The van der Waals surface area contributed by atoms with Crippen molar-refractivity contribution < 1.29 is 13.9 Å². The lowest BCUT2D eigenvalue weighted by molar-refractivity contribution is -0.219.